The molecule has 2 saturated carbocycles. The Labute approximate surface area is 139 Å². The van der Waals surface area contributed by atoms with Gasteiger partial charge >= 0.3 is 0 Å². The van der Waals surface area contributed by atoms with E-state index in [0.29, 0.717) is 18.4 Å². The second-order valence-electron chi connectivity index (χ2n) is 7.53. The average Bonchev–Trinajstić information content (AvgIpc) is 3.20. The second kappa shape index (κ2) is 8.11. The van der Waals surface area contributed by atoms with Crippen LogP contribution in [-0.2, 0) is 9.47 Å². The molecule has 2 N–H and O–H groups in total. The molecular formula is C19H32O4. The molecule has 0 unspecified atom stereocenters. The topological polar surface area (TPSA) is 58.9 Å². The Hall–Kier alpha value is -0.420. The average molecular weight is 324 g/mol. The Morgan fingerprint density at radius 2 is 1.74 bits per heavy atom. The quantitative estimate of drug-likeness (QED) is 0.532. The lowest BCUT2D eigenvalue weighted by Gasteiger charge is -2.25. The molecule has 0 aromatic rings. The summed E-state index contributed by atoms with van der Waals surface area (Å²) < 4.78 is 11.7. The Balaban J connectivity index is 1.41. The zero-order chi connectivity index (χ0) is 16.1. The monoisotopic (exact) mass is 324 g/mol. The summed E-state index contributed by atoms with van der Waals surface area (Å²) in [6.07, 6.45) is 13.9. The van der Waals surface area contributed by atoms with E-state index in [1.165, 1.54) is 19.3 Å². The van der Waals surface area contributed by atoms with Crippen molar-refractivity contribution in [3.05, 3.63) is 12.2 Å². The molecule has 1 saturated heterocycles. The van der Waals surface area contributed by atoms with E-state index in [-0.39, 0.29) is 17.8 Å². The van der Waals surface area contributed by atoms with Gasteiger partial charge in [-0.25, -0.2) is 0 Å². The van der Waals surface area contributed by atoms with Gasteiger partial charge < -0.3 is 19.7 Å². The highest BCUT2D eigenvalue weighted by atomic mass is 16.7. The molecule has 1 spiro atoms. The number of unbranched alkanes of at least 4 members (excludes halogenated alkanes) is 5. The van der Waals surface area contributed by atoms with Crippen LogP contribution in [0.4, 0.5) is 0 Å². The van der Waals surface area contributed by atoms with Gasteiger partial charge in [-0.2, -0.15) is 0 Å². The molecular weight excluding hydrogens is 292 g/mol. The van der Waals surface area contributed by atoms with Gasteiger partial charge in [0.05, 0.1) is 19.3 Å². The highest BCUT2D eigenvalue weighted by Crippen LogP contribution is 2.54. The van der Waals surface area contributed by atoms with Crippen LogP contribution in [0.3, 0.4) is 0 Å². The van der Waals surface area contributed by atoms with Crippen LogP contribution >= 0.6 is 0 Å². The van der Waals surface area contributed by atoms with Crippen LogP contribution in [-0.4, -0.2) is 41.9 Å². The first kappa shape index (κ1) is 17.4. The smallest absolute Gasteiger partial charge is 0.169 e. The number of aliphatic hydroxyl groups excluding tert-OH is 2. The van der Waals surface area contributed by atoms with Crippen molar-refractivity contribution in [1.29, 1.82) is 0 Å². The lowest BCUT2D eigenvalue weighted by molar-refractivity contribution is -0.157. The van der Waals surface area contributed by atoms with Crippen molar-refractivity contribution in [2.75, 3.05) is 19.8 Å². The number of hydrogen-bond acceptors (Lipinski definition) is 4. The lowest BCUT2D eigenvalue weighted by atomic mass is 9.90. The first-order valence-corrected chi connectivity index (χ1v) is 9.48. The van der Waals surface area contributed by atoms with E-state index in [0.717, 1.165) is 51.7 Å². The molecule has 0 bridgehead atoms. The van der Waals surface area contributed by atoms with Gasteiger partial charge in [0.2, 0.25) is 0 Å². The SMILES string of the molecule is OCCCCCCC/C=C/[C@@H]1[C@H]2CC3(C[C@H]2C[C@H]1O)OCCO3. The maximum absolute atomic E-state index is 10.4. The third-order valence-corrected chi connectivity index (χ3v) is 5.91. The maximum atomic E-state index is 10.4. The molecule has 4 nitrogen and oxygen atoms in total. The minimum absolute atomic E-state index is 0.190. The molecule has 4 atom stereocenters. The Bertz CT molecular complexity index is 389. The Kier molecular flexibility index (Phi) is 6.13. The van der Waals surface area contributed by atoms with Gasteiger partial charge in [0.25, 0.3) is 0 Å². The zero-order valence-corrected chi connectivity index (χ0v) is 14.2. The summed E-state index contributed by atoms with van der Waals surface area (Å²) in [7, 11) is 0. The third kappa shape index (κ3) is 4.16. The first-order chi connectivity index (χ1) is 11.2. The molecule has 132 valence electrons. The van der Waals surface area contributed by atoms with E-state index in [1.807, 2.05) is 0 Å². The molecule has 3 aliphatic rings. The van der Waals surface area contributed by atoms with Gasteiger partial charge in [0, 0.05) is 25.4 Å². The fourth-order valence-corrected chi connectivity index (χ4v) is 4.78. The molecule has 1 heterocycles. The molecule has 3 rings (SSSR count). The summed E-state index contributed by atoms with van der Waals surface area (Å²) >= 11 is 0. The largest absolute Gasteiger partial charge is 0.396 e. The maximum Gasteiger partial charge on any atom is 0.169 e. The number of ether oxygens (including phenoxy) is 2. The standard InChI is InChI=1S/C19H32O4/c20-9-7-5-3-1-2-4-6-8-16-17-14-19(22-10-11-23-19)13-15(17)12-18(16)21/h6,8,15-18,20-21H,1-5,7,9-14H2/b8-6+/t15-,16-,17+,18-/m1/s1. The van der Waals surface area contributed by atoms with Crippen LogP contribution in [0.2, 0.25) is 0 Å². The van der Waals surface area contributed by atoms with Crippen LogP contribution < -0.4 is 0 Å². The van der Waals surface area contributed by atoms with E-state index >= 15 is 0 Å². The van der Waals surface area contributed by atoms with Crippen LogP contribution in [0.1, 0.15) is 57.8 Å². The van der Waals surface area contributed by atoms with Gasteiger partial charge in [-0.1, -0.05) is 31.4 Å². The normalized spacial score (nSPS) is 35.6. The highest BCUT2D eigenvalue weighted by Gasteiger charge is 2.55. The van der Waals surface area contributed by atoms with Gasteiger partial charge in [-0.15, -0.1) is 0 Å². The highest BCUT2D eigenvalue weighted by molar-refractivity contribution is 5.08. The molecule has 23 heavy (non-hydrogen) atoms. The van der Waals surface area contributed by atoms with Crippen LogP contribution in [0, 0.1) is 17.8 Å². The second-order valence-corrected chi connectivity index (χ2v) is 7.53. The summed E-state index contributed by atoms with van der Waals surface area (Å²) in [4.78, 5) is 0. The fraction of sp³-hybridized carbons (Fsp3) is 0.895. The molecule has 1 aliphatic heterocycles. The summed E-state index contributed by atoms with van der Waals surface area (Å²) in [5, 5.41) is 19.1. The van der Waals surface area contributed by atoms with Gasteiger partial charge in [0.15, 0.2) is 5.79 Å². The first-order valence-electron chi connectivity index (χ1n) is 9.48. The van der Waals surface area contributed by atoms with Gasteiger partial charge in [0.1, 0.15) is 0 Å². The molecule has 0 aromatic carbocycles. The van der Waals surface area contributed by atoms with Gasteiger partial charge in [-0.3, -0.25) is 0 Å². The van der Waals surface area contributed by atoms with E-state index in [4.69, 9.17) is 14.6 Å². The third-order valence-electron chi connectivity index (χ3n) is 5.91. The molecule has 0 aromatic heterocycles. The minimum atomic E-state index is -0.325. The molecule has 0 amide bonds. The van der Waals surface area contributed by atoms with Crippen LogP contribution in [0.25, 0.3) is 0 Å². The number of fused-ring (bicyclic) bond motifs is 1. The van der Waals surface area contributed by atoms with Crippen molar-refractivity contribution < 1.29 is 19.7 Å². The van der Waals surface area contributed by atoms with E-state index in [2.05, 4.69) is 12.2 Å². The lowest BCUT2D eigenvalue weighted by Crippen LogP contribution is -2.29. The number of hydrogen-bond donors (Lipinski definition) is 2. The van der Waals surface area contributed by atoms with Crippen molar-refractivity contribution in [3.8, 4) is 0 Å². The summed E-state index contributed by atoms with van der Waals surface area (Å²) in [6, 6.07) is 0. The molecule has 2 aliphatic carbocycles. The van der Waals surface area contributed by atoms with E-state index in [1.54, 1.807) is 0 Å². The van der Waals surface area contributed by atoms with Crippen molar-refractivity contribution >= 4 is 0 Å². The Morgan fingerprint density at radius 3 is 2.52 bits per heavy atom. The van der Waals surface area contributed by atoms with Gasteiger partial charge in [-0.05, 0) is 37.5 Å². The van der Waals surface area contributed by atoms with Crippen molar-refractivity contribution in [1.82, 2.24) is 0 Å². The summed E-state index contributed by atoms with van der Waals surface area (Å²) in [5.41, 5.74) is 0. The fourth-order valence-electron chi connectivity index (χ4n) is 4.78. The Morgan fingerprint density at radius 1 is 1.00 bits per heavy atom. The van der Waals surface area contributed by atoms with Crippen LogP contribution in [0.5, 0.6) is 0 Å². The predicted octanol–water partition coefficient (Wildman–Crippen LogP) is 3.03. The summed E-state index contributed by atoms with van der Waals surface area (Å²) in [5.74, 6) is 1.02. The predicted molar refractivity (Wildman–Crippen MR) is 88.9 cm³/mol. The number of allylic oxidation sites excluding steroid dienone is 1. The molecule has 4 heteroatoms. The number of rotatable bonds is 8. The minimum Gasteiger partial charge on any atom is -0.396 e. The van der Waals surface area contributed by atoms with E-state index in [9.17, 15) is 5.11 Å². The van der Waals surface area contributed by atoms with Crippen molar-refractivity contribution in [2.24, 2.45) is 17.8 Å². The van der Waals surface area contributed by atoms with Crippen molar-refractivity contribution in [3.63, 3.8) is 0 Å². The molecule has 0 radical (unpaired) electrons. The van der Waals surface area contributed by atoms with E-state index < -0.39 is 0 Å². The summed E-state index contributed by atoms with van der Waals surface area (Å²) in [6.45, 7) is 1.76. The zero-order valence-electron chi connectivity index (χ0n) is 14.2. The number of aliphatic hydroxyl groups is 2. The molecule has 3 fully saturated rings. The van der Waals surface area contributed by atoms with Crippen LogP contribution in [0.15, 0.2) is 12.2 Å². The van der Waals surface area contributed by atoms with Crippen molar-refractivity contribution in [2.45, 2.75) is 69.7 Å².